The van der Waals surface area contributed by atoms with Crippen LogP contribution in [0.2, 0.25) is 5.02 Å². The molecule has 0 bridgehead atoms. The van der Waals surface area contributed by atoms with Gasteiger partial charge in [-0.1, -0.05) is 11.6 Å². The van der Waals surface area contributed by atoms with E-state index in [1.54, 1.807) is 30.5 Å². The van der Waals surface area contributed by atoms with E-state index in [1.165, 1.54) is 6.08 Å². The highest BCUT2D eigenvalue weighted by Gasteiger charge is 2.16. The number of hydrogen-bond donors (Lipinski definition) is 1. The molecule has 1 fully saturated rings. The highest BCUT2D eigenvalue weighted by Crippen LogP contribution is 2.29. The van der Waals surface area contributed by atoms with Gasteiger partial charge in [-0.25, -0.2) is 0 Å². The number of morpholine rings is 1. The van der Waals surface area contributed by atoms with E-state index in [2.05, 4.69) is 10.2 Å². The van der Waals surface area contributed by atoms with Crippen LogP contribution in [0.25, 0.3) is 6.08 Å². The van der Waals surface area contributed by atoms with Crippen LogP contribution in [0.4, 0.5) is 11.4 Å². The summed E-state index contributed by atoms with van der Waals surface area (Å²) >= 11 is 6.07. The Bertz CT molecular complexity index is 692. The normalized spacial score (nSPS) is 15.1. The van der Waals surface area contributed by atoms with E-state index in [9.17, 15) is 4.79 Å². The molecule has 0 atom stereocenters. The van der Waals surface area contributed by atoms with Crippen molar-refractivity contribution in [2.75, 3.05) is 36.5 Å². The van der Waals surface area contributed by atoms with Crippen molar-refractivity contribution in [3.63, 3.8) is 0 Å². The number of furan rings is 1. The van der Waals surface area contributed by atoms with Gasteiger partial charge in [0, 0.05) is 24.2 Å². The molecule has 1 amide bonds. The molecule has 0 radical (unpaired) electrons. The van der Waals surface area contributed by atoms with Gasteiger partial charge in [-0.05, 0) is 36.4 Å². The highest BCUT2D eigenvalue weighted by atomic mass is 35.5. The summed E-state index contributed by atoms with van der Waals surface area (Å²) in [7, 11) is 0. The fourth-order valence-corrected chi connectivity index (χ4v) is 2.58. The highest BCUT2D eigenvalue weighted by molar-refractivity contribution is 6.31. The topological polar surface area (TPSA) is 54.7 Å². The van der Waals surface area contributed by atoms with Gasteiger partial charge < -0.3 is 19.4 Å². The van der Waals surface area contributed by atoms with Gasteiger partial charge in [0.05, 0.1) is 30.9 Å². The van der Waals surface area contributed by atoms with Crippen LogP contribution < -0.4 is 10.2 Å². The lowest BCUT2D eigenvalue weighted by molar-refractivity contribution is -0.111. The Morgan fingerprint density at radius 2 is 2.09 bits per heavy atom. The molecule has 1 aromatic carbocycles. The molecule has 0 spiro atoms. The molecule has 23 heavy (non-hydrogen) atoms. The first-order chi connectivity index (χ1) is 11.2. The number of nitrogens with one attached hydrogen (secondary N) is 1. The van der Waals surface area contributed by atoms with Gasteiger partial charge in [0.15, 0.2) is 0 Å². The van der Waals surface area contributed by atoms with Gasteiger partial charge in [0.25, 0.3) is 0 Å². The summed E-state index contributed by atoms with van der Waals surface area (Å²) in [5, 5.41) is 3.45. The fraction of sp³-hybridized carbons (Fsp3) is 0.235. The predicted molar refractivity (Wildman–Crippen MR) is 90.9 cm³/mol. The number of carbonyl (C=O) groups excluding carboxylic acids is 1. The van der Waals surface area contributed by atoms with Crippen LogP contribution in [0.15, 0.2) is 47.1 Å². The summed E-state index contributed by atoms with van der Waals surface area (Å²) in [6.45, 7) is 2.92. The van der Waals surface area contributed by atoms with E-state index in [0.717, 1.165) is 18.8 Å². The summed E-state index contributed by atoms with van der Waals surface area (Å²) in [5.74, 6) is 0.387. The second-order valence-corrected chi connectivity index (χ2v) is 5.54. The van der Waals surface area contributed by atoms with Crippen LogP contribution in [0.5, 0.6) is 0 Å². The Balaban J connectivity index is 1.75. The lowest BCUT2D eigenvalue weighted by Gasteiger charge is -2.30. The smallest absolute Gasteiger partial charge is 0.248 e. The molecule has 2 heterocycles. The Labute approximate surface area is 139 Å². The number of nitrogens with zero attached hydrogens (tertiary/aromatic N) is 1. The number of carbonyl (C=O) groups is 1. The van der Waals surface area contributed by atoms with Crippen molar-refractivity contribution in [2.45, 2.75) is 0 Å². The van der Waals surface area contributed by atoms with Crippen molar-refractivity contribution in [1.82, 2.24) is 0 Å². The van der Waals surface area contributed by atoms with E-state index in [1.807, 2.05) is 12.1 Å². The predicted octanol–water partition coefficient (Wildman–Crippen LogP) is 3.42. The van der Waals surface area contributed by atoms with Gasteiger partial charge in [-0.15, -0.1) is 0 Å². The van der Waals surface area contributed by atoms with Gasteiger partial charge in [0.1, 0.15) is 5.76 Å². The number of amides is 1. The van der Waals surface area contributed by atoms with Crippen LogP contribution in [0, 0.1) is 0 Å². The lowest BCUT2D eigenvalue weighted by atomic mass is 10.2. The largest absolute Gasteiger partial charge is 0.465 e. The Morgan fingerprint density at radius 1 is 1.26 bits per heavy atom. The van der Waals surface area contributed by atoms with Crippen LogP contribution in [-0.4, -0.2) is 32.2 Å². The number of rotatable bonds is 4. The minimum absolute atomic E-state index is 0.238. The third-order valence-electron chi connectivity index (χ3n) is 3.51. The molecule has 1 aromatic heterocycles. The molecule has 1 aliphatic rings. The molecule has 0 aliphatic carbocycles. The fourth-order valence-electron chi connectivity index (χ4n) is 2.41. The minimum atomic E-state index is -0.238. The summed E-state index contributed by atoms with van der Waals surface area (Å²) in [6, 6.07) is 9.04. The van der Waals surface area contributed by atoms with Crippen LogP contribution in [0.1, 0.15) is 5.76 Å². The zero-order valence-electron chi connectivity index (χ0n) is 12.5. The standard InChI is InChI=1S/C17H17ClN2O3/c18-13-3-5-16(20-7-10-22-11-8-20)15(12-13)19-17(21)6-4-14-2-1-9-23-14/h1-6,9,12H,7-8,10-11H2,(H,19,21)/b6-4+. The van der Waals surface area contributed by atoms with E-state index < -0.39 is 0 Å². The third kappa shape index (κ3) is 4.15. The second kappa shape index (κ2) is 7.35. The van der Waals surface area contributed by atoms with Crippen molar-refractivity contribution >= 4 is 35.0 Å². The van der Waals surface area contributed by atoms with Crippen molar-refractivity contribution in [1.29, 1.82) is 0 Å². The summed E-state index contributed by atoms with van der Waals surface area (Å²) < 4.78 is 10.5. The van der Waals surface area contributed by atoms with Gasteiger partial charge in [-0.3, -0.25) is 4.79 Å². The van der Waals surface area contributed by atoms with Crippen molar-refractivity contribution in [3.05, 3.63) is 53.5 Å². The molecule has 3 rings (SSSR count). The average Bonchev–Trinajstić information content (AvgIpc) is 3.07. The molecule has 1 aliphatic heterocycles. The summed E-state index contributed by atoms with van der Waals surface area (Å²) in [6.07, 6.45) is 4.61. The van der Waals surface area contributed by atoms with Crippen molar-refractivity contribution in [3.8, 4) is 0 Å². The zero-order chi connectivity index (χ0) is 16.1. The van der Waals surface area contributed by atoms with E-state index >= 15 is 0 Å². The monoisotopic (exact) mass is 332 g/mol. The van der Waals surface area contributed by atoms with Crippen LogP contribution >= 0.6 is 11.6 Å². The molecule has 1 N–H and O–H groups in total. The first kappa shape index (κ1) is 15.6. The molecule has 0 unspecified atom stereocenters. The summed E-state index contributed by atoms with van der Waals surface area (Å²) in [5.41, 5.74) is 1.63. The van der Waals surface area contributed by atoms with E-state index in [-0.39, 0.29) is 5.91 Å². The average molecular weight is 333 g/mol. The summed E-state index contributed by atoms with van der Waals surface area (Å²) in [4.78, 5) is 14.3. The molecule has 120 valence electrons. The molecule has 6 heteroatoms. The third-order valence-corrected chi connectivity index (χ3v) is 3.75. The molecular formula is C17H17ClN2O3. The lowest BCUT2D eigenvalue weighted by Crippen LogP contribution is -2.36. The number of hydrogen-bond acceptors (Lipinski definition) is 4. The number of ether oxygens (including phenoxy) is 1. The Morgan fingerprint density at radius 3 is 2.83 bits per heavy atom. The van der Waals surface area contributed by atoms with E-state index in [0.29, 0.717) is 29.7 Å². The molecule has 1 saturated heterocycles. The second-order valence-electron chi connectivity index (χ2n) is 5.10. The maximum atomic E-state index is 12.1. The van der Waals surface area contributed by atoms with Gasteiger partial charge in [-0.2, -0.15) is 0 Å². The maximum Gasteiger partial charge on any atom is 0.248 e. The van der Waals surface area contributed by atoms with E-state index in [4.69, 9.17) is 20.8 Å². The van der Waals surface area contributed by atoms with Gasteiger partial charge in [0.2, 0.25) is 5.91 Å². The zero-order valence-corrected chi connectivity index (χ0v) is 13.3. The van der Waals surface area contributed by atoms with Crippen LogP contribution in [-0.2, 0) is 9.53 Å². The molecule has 0 saturated carbocycles. The maximum absolute atomic E-state index is 12.1. The minimum Gasteiger partial charge on any atom is -0.465 e. The Kier molecular flexibility index (Phi) is 5.00. The molecular weight excluding hydrogens is 316 g/mol. The molecule has 2 aromatic rings. The van der Waals surface area contributed by atoms with Crippen molar-refractivity contribution in [2.24, 2.45) is 0 Å². The SMILES string of the molecule is O=C(/C=C/c1ccco1)Nc1cc(Cl)ccc1N1CCOCC1. The van der Waals surface area contributed by atoms with Crippen molar-refractivity contribution < 1.29 is 13.9 Å². The quantitative estimate of drug-likeness (QED) is 0.872. The number of anilines is 2. The Hall–Kier alpha value is -2.24. The molecule has 5 nitrogen and oxygen atoms in total. The van der Waals surface area contributed by atoms with Gasteiger partial charge >= 0.3 is 0 Å². The number of benzene rings is 1. The number of halogens is 1. The first-order valence-corrected chi connectivity index (χ1v) is 7.75. The first-order valence-electron chi connectivity index (χ1n) is 7.37. The van der Waals surface area contributed by atoms with Crippen LogP contribution in [0.3, 0.4) is 0 Å².